The van der Waals surface area contributed by atoms with Crippen LogP contribution in [0.2, 0.25) is 5.02 Å². The fourth-order valence-corrected chi connectivity index (χ4v) is 3.02. The largest absolute Gasteiger partial charge is 0.493 e. The number of anilines is 1. The first kappa shape index (κ1) is 21.8. The predicted octanol–water partition coefficient (Wildman–Crippen LogP) is 2.62. The lowest BCUT2D eigenvalue weighted by Crippen LogP contribution is -2.54. The van der Waals surface area contributed by atoms with Crippen molar-refractivity contribution >= 4 is 47.2 Å². The highest BCUT2D eigenvalue weighted by Crippen LogP contribution is 2.37. The third-order valence-corrected chi connectivity index (χ3v) is 4.37. The van der Waals surface area contributed by atoms with Crippen molar-refractivity contribution in [3.05, 3.63) is 58.4 Å². The zero-order valence-electron chi connectivity index (χ0n) is 15.8. The SMILES string of the molecule is COc1cc(/C=C2\C(=O)NC(=O)N(c3ccc(F)cc3)C2=O)cc(Cl)c1OCC(=O)O. The lowest BCUT2D eigenvalue weighted by Gasteiger charge is -2.26. The maximum atomic E-state index is 13.2. The highest BCUT2D eigenvalue weighted by atomic mass is 35.5. The van der Waals surface area contributed by atoms with Gasteiger partial charge in [-0.25, -0.2) is 18.9 Å². The minimum Gasteiger partial charge on any atom is -0.493 e. The van der Waals surface area contributed by atoms with Crippen molar-refractivity contribution in [2.24, 2.45) is 0 Å². The molecule has 1 aliphatic rings. The number of carboxylic acid groups (broad SMARTS) is 1. The molecule has 9 nitrogen and oxygen atoms in total. The van der Waals surface area contributed by atoms with Gasteiger partial charge < -0.3 is 14.6 Å². The van der Waals surface area contributed by atoms with Crippen molar-refractivity contribution in [2.45, 2.75) is 0 Å². The molecular weight excluding hydrogens is 435 g/mol. The summed E-state index contributed by atoms with van der Waals surface area (Å²) in [7, 11) is 1.30. The Morgan fingerprint density at radius 3 is 2.52 bits per heavy atom. The van der Waals surface area contributed by atoms with Gasteiger partial charge in [-0.1, -0.05) is 11.6 Å². The average Bonchev–Trinajstić information content (AvgIpc) is 2.71. The molecule has 0 bridgehead atoms. The molecule has 0 aromatic heterocycles. The summed E-state index contributed by atoms with van der Waals surface area (Å²) in [6.07, 6.45) is 1.18. The number of carbonyl (C=O) groups is 4. The molecule has 2 aromatic rings. The van der Waals surface area contributed by atoms with Gasteiger partial charge >= 0.3 is 12.0 Å². The van der Waals surface area contributed by atoms with E-state index in [9.17, 15) is 23.6 Å². The van der Waals surface area contributed by atoms with E-state index in [0.29, 0.717) is 4.90 Å². The molecule has 1 aliphatic heterocycles. The summed E-state index contributed by atoms with van der Waals surface area (Å²) in [6.45, 7) is -0.661. The Hall–Kier alpha value is -3.92. The quantitative estimate of drug-likeness (QED) is 0.514. The Balaban J connectivity index is 1.99. The second-order valence-corrected chi connectivity index (χ2v) is 6.56. The van der Waals surface area contributed by atoms with Crippen LogP contribution in [0.5, 0.6) is 11.5 Å². The minimum atomic E-state index is -1.22. The summed E-state index contributed by atoms with van der Waals surface area (Å²) in [5.41, 5.74) is -0.0759. The van der Waals surface area contributed by atoms with Gasteiger partial charge in [0, 0.05) is 0 Å². The van der Waals surface area contributed by atoms with Crippen molar-refractivity contribution in [3.63, 3.8) is 0 Å². The standard InChI is InChI=1S/C20H14ClFN2O7/c1-30-15-8-10(7-14(21)17(15)31-9-16(25)26)6-13-18(27)23-20(29)24(19(13)28)12-4-2-11(22)3-5-12/h2-8H,9H2,1H3,(H,25,26)(H,23,27,29)/b13-6+. The number of rotatable bonds is 6. The summed E-state index contributed by atoms with van der Waals surface area (Å²) in [5, 5.41) is 10.8. The lowest BCUT2D eigenvalue weighted by atomic mass is 10.1. The van der Waals surface area contributed by atoms with Crippen molar-refractivity contribution in [1.82, 2.24) is 5.32 Å². The van der Waals surface area contributed by atoms with E-state index in [0.717, 1.165) is 12.1 Å². The molecule has 4 amide bonds. The number of carbonyl (C=O) groups excluding carboxylic acids is 3. The van der Waals surface area contributed by atoms with Gasteiger partial charge in [0.2, 0.25) is 0 Å². The number of methoxy groups -OCH3 is 1. The second-order valence-electron chi connectivity index (χ2n) is 6.15. The van der Waals surface area contributed by atoms with Gasteiger partial charge in [0.15, 0.2) is 18.1 Å². The fourth-order valence-electron chi connectivity index (χ4n) is 2.75. The van der Waals surface area contributed by atoms with Gasteiger partial charge in [-0.2, -0.15) is 0 Å². The number of halogens is 2. The summed E-state index contributed by atoms with van der Waals surface area (Å²) in [6, 6.07) is 6.28. The number of urea groups is 1. The summed E-state index contributed by atoms with van der Waals surface area (Å²) >= 11 is 6.14. The molecule has 2 aromatic carbocycles. The van der Waals surface area contributed by atoms with Crippen LogP contribution in [0, 0.1) is 5.82 Å². The Bertz CT molecular complexity index is 1120. The molecule has 1 heterocycles. The Morgan fingerprint density at radius 1 is 1.23 bits per heavy atom. The Kier molecular flexibility index (Phi) is 6.21. The topological polar surface area (TPSA) is 122 Å². The molecule has 11 heteroatoms. The number of nitrogens with one attached hydrogen (secondary N) is 1. The normalized spacial score (nSPS) is 15.1. The minimum absolute atomic E-state index is 0.0254. The number of nitrogens with zero attached hydrogens (tertiary/aromatic N) is 1. The first-order valence-corrected chi connectivity index (χ1v) is 8.98. The number of aliphatic carboxylic acids is 1. The molecule has 2 N–H and O–H groups in total. The molecule has 0 spiro atoms. The van der Waals surface area contributed by atoms with E-state index in [1.165, 1.54) is 37.5 Å². The monoisotopic (exact) mass is 448 g/mol. The molecule has 3 rings (SSSR count). The maximum absolute atomic E-state index is 13.2. The maximum Gasteiger partial charge on any atom is 0.341 e. The number of imide groups is 2. The van der Waals surface area contributed by atoms with Crippen molar-refractivity contribution in [3.8, 4) is 11.5 Å². The third-order valence-electron chi connectivity index (χ3n) is 4.09. The van der Waals surface area contributed by atoms with Gasteiger partial charge in [-0.3, -0.25) is 14.9 Å². The van der Waals surface area contributed by atoms with Crippen LogP contribution in [0.25, 0.3) is 6.08 Å². The Morgan fingerprint density at radius 2 is 1.90 bits per heavy atom. The van der Waals surface area contributed by atoms with E-state index in [4.69, 9.17) is 26.2 Å². The third kappa shape index (κ3) is 4.64. The highest BCUT2D eigenvalue weighted by Gasteiger charge is 2.36. The number of barbiturate groups is 1. The number of amides is 4. The molecular formula is C20H14ClFN2O7. The molecule has 31 heavy (non-hydrogen) atoms. The highest BCUT2D eigenvalue weighted by molar-refractivity contribution is 6.39. The fraction of sp³-hybridized carbons (Fsp3) is 0.100. The van der Waals surface area contributed by atoms with Crippen molar-refractivity contribution < 1.29 is 38.1 Å². The van der Waals surface area contributed by atoms with E-state index < -0.39 is 36.2 Å². The summed E-state index contributed by atoms with van der Waals surface area (Å²) < 4.78 is 23.4. The Labute approximate surface area is 179 Å². The van der Waals surface area contributed by atoms with Crippen molar-refractivity contribution in [2.75, 3.05) is 18.6 Å². The summed E-state index contributed by atoms with van der Waals surface area (Å²) in [4.78, 5) is 48.7. The van der Waals surface area contributed by atoms with Crippen LogP contribution in [0.4, 0.5) is 14.9 Å². The zero-order chi connectivity index (χ0) is 22.7. The van der Waals surface area contributed by atoms with Gasteiger partial charge in [-0.05, 0) is 48.0 Å². The molecule has 1 saturated heterocycles. The van der Waals surface area contributed by atoms with Crippen LogP contribution in [-0.2, 0) is 14.4 Å². The van der Waals surface area contributed by atoms with Gasteiger partial charge in [0.05, 0.1) is 17.8 Å². The van der Waals surface area contributed by atoms with Gasteiger partial charge in [0.25, 0.3) is 11.8 Å². The van der Waals surface area contributed by atoms with E-state index in [1.807, 2.05) is 5.32 Å². The van der Waals surface area contributed by atoms with Crippen LogP contribution in [0.3, 0.4) is 0 Å². The smallest absolute Gasteiger partial charge is 0.341 e. The first-order chi connectivity index (χ1) is 14.7. The van der Waals surface area contributed by atoms with Crippen LogP contribution < -0.4 is 19.7 Å². The van der Waals surface area contributed by atoms with Crippen LogP contribution >= 0.6 is 11.6 Å². The molecule has 0 radical (unpaired) electrons. The number of hydrogen-bond acceptors (Lipinski definition) is 6. The summed E-state index contributed by atoms with van der Waals surface area (Å²) in [5.74, 6) is -3.62. The van der Waals surface area contributed by atoms with Crippen LogP contribution in [0.15, 0.2) is 42.0 Å². The molecule has 0 atom stereocenters. The molecule has 0 aliphatic carbocycles. The molecule has 0 unspecified atom stereocenters. The molecule has 0 saturated carbocycles. The van der Waals surface area contributed by atoms with Gasteiger partial charge in [0.1, 0.15) is 11.4 Å². The van der Waals surface area contributed by atoms with Crippen LogP contribution in [0.1, 0.15) is 5.56 Å². The first-order valence-electron chi connectivity index (χ1n) is 8.60. The zero-order valence-corrected chi connectivity index (χ0v) is 16.6. The number of ether oxygens (including phenoxy) is 2. The van der Waals surface area contributed by atoms with Gasteiger partial charge in [-0.15, -0.1) is 0 Å². The average molecular weight is 449 g/mol. The molecule has 160 valence electrons. The number of carboxylic acids is 1. The van der Waals surface area contributed by atoms with E-state index >= 15 is 0 Å². The van der Waals surface area contributed by atoms with Crippen LogP contribution in [-0.4, -0.2) is 42.6 Å². The lowest BCUT2D eigenvalue weighted by molar-refractivity contribution is -0.139. The predicted molar refractivity (Wildman–Crippen MR) is 107 cm³/mol. The van der Waals surface area contributed by atoms with Crippen molar-refractivity contribution in [1.29, 1.82) is 0 Å². The molecule has 1 fully saturated rings. The van der Waals surface area contributed by atoms with E-state index in [1.54, 1.807) is 0 Å². The van der Waals surface area contributed by atoms with E-state index in [2.05, 4.69) is 0 Å². The van der Waals surface area contributed by atoms with E-state index in [-0.39, 0.29) is 33.3 Å². The number of benzene rings is 2. The second kappa shape index (κ2) is 8.84. The number of hydrogen-bond donors (Lipinski definition) is 2.